The Morgan fingerprint density at radius 3 is 2.62 bits per heavy atom. The van der Waals surface area contributed by atoms with Crippen LogP contribution in [0.15, 0.2) is 0 Å². The van der Waals surface area contributed by atoms with Crippen molar-refractivity contribution in [2.24, 2.45) is 11.7 Å². The molecule has 1 saturated heterocycles. The van der Waals surface area contributed by atoms with Gasteiger partial charge in [-0.15, -0.1) is 0 Å². The van der Waals surface area contributed by atoms with E-state index in [9.17, 15) is 0 Å². The van der Waals surface area contributed by atoms with Gasteiger partial charge in [-0.2, -0.15) is 0 Å². The highest BCUT2D eigenvalue weighted by Gasteiger charge is 2.27. The molecule has 1 fully saturated rings. The van der Waals surface area contributed by atoms with Gasteiger partial charge in [-0.25, -0.2) is 0 Å². The predicted octanol–water partition coefficient (Wildman–Crippen LogP) is 1.39. The van der Waals surface area contributed by atoms with Gasteiger partial charge in [0.2, 0.25) is 0 Å². The van der Waals surface area contributed by atoms with Crippen LogP contribution in [0.1, 0.15) is 32.6 Å². The lowest BCUT2D eigenvalue weighted by atomic mass is 9.92. The third-order valence-electron chi connectivity index (χ3n) is 3.86. The second-order valence-corrected chi connectivity index (χ2v) is 5.28. The first-order valence-corrected chi connectivity index (χ1v) is 6.77. The zero-order chi connectivity index (χ0) is 12.0. The molecule has 1 rings (SSSR count). The molecule has 2 N–H and O–H groups in total. The van der Waals surface area contributed by atoms with Gasteiger partial charge >= 0.3 is 0 Å². The van der Waals surface area contributed by atoms with Crippen LogP contribution in [-0.2, 0) is 0 Å². The Hall–Kier alpha value is -0.120. The Balaban J connectivity index is 2.59. The third kappa shape index (κ3) is 4.04. The fraction of sp³-hybridized carbons (Fsp3) is 1.00. The largest absolute Gasteiger partial charge is 0.330 e. The van der Waals surface area contributed by atoms with Gasteiger partial charge in [-0.3, -0.25) is 0 Å². The molecule has 0 unspecified atom stereocenters. The lowest BCUT2D eigenvalue weighted by Crippen LogP contribution is -2.43. The van der Waals surface area contributed by atoms with Gasteiger partial charge in [-0.05, 0) is 65.5 Å². The van der Waals surface area contributed by atoms with Gasteiger partial charge in [0.25, 0.3) is 0 Å². The van der Waals surface area contributed by atoms with Crippen LogP contribution in [-0.4, -0.2) is 56.1 Å². The van der Waals surface area contributed by atoms with Crippen molar-refractivity contribution in [3.8, 4) is 0 Å². The average molecular weight is 227 g/mol. The number of likely N-dealkylation sites (tertiary alicyclic amines) is 1. The van der Waals surface area contributed by atoms with Gasteiger partial charge in [-0.1, -0.05) is 13.3 Å². The Morgan fingerprint density at radius 1 is 1.31 bits per heavy atom. The molecule has 1 aliphatic rings. The number of nitrogens with zero attached hydrogens (tertiary/aromatic N) is 2. The highest BCUT2D eigenvalue weighted by atomic mass is 15.2. The van der Waals surface area contributed by atoms with Gasteiger partial charge in [0.15, 0.2) is 0 Å². The molecule has 3 nitrogen and oxygen atoms in total. The lowest BCUT2D eigenvalue weighted by Gasteiger charge is -2.34. The van der Waals surface area contributed by atoms with Crippen LogP contribution in [0, 0.1) is 5.92 Å². The number of hydrogen-bond acceptors (Lipinski definition) is 3. The number of rotatable bonds is 5. The maximum atomic E-state index is 5.95. The van der Waals surface area contributed by atoms with Crippen LogP contribution in [0.5, 0.6) is 0 Å². The molecule has 0 aromatic rings. The van der Waals surface area contributed by atoms with Crippen molar-refractivity contribution in [2.45, 2.75) is 38.6 Å². The summed E-state index contributed by atoms with van der Waals surface area (Å²) in [5, 5.41) is 0. The van der Waals surface area contributed by atoms with E-state index in [1.807, 2.05) is 0 Å². The highest BCUT2D eigenvalue weighted by Crippen LogP contribution is 2.24. The summed E-state index contributed by atoms with van der Waals surface area (Å²) in [5.41, 5.74) is 5.95. The fourth-order valence-corrected chi connectivity index (χ4v) is 2.85. The molecule has 0 aliphatic carbocycles. The van der Waals surface area contributed by atoms with Crippen molar-refractivity contribution in [3.05, 3.63) is 0 Å². The topological polar surface area (TPSA) is 32.5 Å². The van der Waals surface area contributed by atoms with Gasteiger partial charge in [0, 0.05) is 6.04 Å². The van der Waals surface area contributed by atoms with Crippen molar-refractivity contribution in [1.82, 2.24) is 9.80 Å². The van der Waals surface area contributed by atoms with Gasteiger partial charge in [0.05, 0.1) is 0 Å². The molecular weight excluding hydrogens is 198 g/mol. The first-order chi connectivity index (χ1) is 7.69. The smallest absolute Gasteiger partial charge is 0.0148 e. The van der Waals surface area contributed by atoms with E-state index in [0.29, 0.717) is 12.0 Å². The lowest BCUT2D eigenvalue weighted by molar-refractivity contribution is 0.145. The molecule has 0 bridgehead atoms. The Morgan fingerprint density at radius 2 is 2.06 bits per heavy atom. The van der Waals surface area contributed by atoms with Gasteiger partial charge in [0.1, 0.15) is 0 Å². The van der Waals surface area contributed by atoms with E-state index in [4.69, 9.17) is 5.73 Å². The van der Waals surface area contributed by atoms with Crippen LogP contribution in [0.3, 0.4) is 0 Å². The van der Waals surface area contributed by atoms with E-state index in [2.05, 4.69) is 30.8 Å². The molecular formula is C13H29N3. The predicted molar refractivity (Wildman–Crippen MR) is 70.6 cm³/mol. The van der Waals surface area contributed by atoms with E-state index in [1.165, 1.54) is 45.3 Å². The fourth-order valence-electron chi connectivity index (χ4n) is 2.85. The first-order valence-electron chi connectivity index (χ1n) is 6.77. The number of hydrogen-bond donors (Lipinski definition) is 1. The molecule has 1 aliphatic heterocycles. The molecule has 96 valence electrons. The van der Waals surface area contributed by atoms with Crippen LogP contribution >= 0.6 is 0 Å². The third-order valence-corrected chi connectivity index (χ3v) is 3.86. The minimum Gasteiger partial charge on any atom is -0.330 e. The SMILES string of the molecule is CCN1CCCC[C@H](CN)[C@H]1CCN(C)C. The van der Waals surface area contributed by atoms with E-state index < -0.39 is 0 Å². The summed E-state index contributed by atoms with van der Waals surface area (Å²) in [6.45, 7) is 6.76. The molecule has 16 heavy (non-hydrogen) atoms. The summed E-state index contributed by atoms with van der Waals surface area (Å²) in [6.07, 6.45) is 5.30. The van der Waals surface area contributed by atoms with E-state index in [-0.39, 0.29) is 0 Å². The van der Waals surface area contributed by atoms with Crippen LogP contribution in [0.4, 0.5) is 0 Å². The molecule has 1 heterocycles. The monoisotopic (exact) mass is 227 g/mol. The van der Waals surface area contributed by atoms with Crippen LogP contribution in [0.25, 0.3) is 0 Å². The van der Waals surface area contributed by atoms with E-state index >= 15 is 0 Å². The van der Waals surface area contributed by atoms with Crippen molar-refractivity contribution < 1.29 is 0 Å². The first kappa shape index (κ1) is 13.9. The molecule has 0 amide bonds. The summed E-state index contributed by atoms with van der Waals surface area (Å²) in [7, 11) is 4.31. The summed E-state index contributed by atoms with van der Waals surface area (Å²) in [5.74, 6) is 0.711. The van der Waals surface area contributed by atoms with Crippen molar-refractivity contribution >= 4 is 0 Å². The van der Waals surface area contributed by atoms with Crippen molar-refractivity contribution in [3.63, 3.8) is 0 Å². The second kappa shape index (κ2) is 7.25. The van der Waals surface area contributed by atoms with Crippen molar-refractivity contribution in [2.75, 3.05) is 40.3 Å². The Bertz CT molecular complexity index is 168. The zero-order valence-corrected chi connectivity index (χ0v) is 11.3. The van der Waals surface area contributed by atoms with E-state index in [0.717, 1.165) is 6.54 Å². The Labute approximate surface area is 101 Å². The Kier molecular flexibility index (Phi) is 6.32. The average Bonchev–Trinajstić information content (AvgIpc) is 2.47. The molecule has 0 radical (unpaired) electrons. The molecule has 0 spiro atoms. The zero-order valence-electron chi connectivity index (χ0n) is 11.3. The highest BCUT2D eigenvalue weighted by molar-refractivity contribution is 4.83. The standard InChI is InChI=1S/C13H29N3/c1-4-16-9-6-5-7-12(11-14)13(16)8-10-15(2)3/h12-13H,4-11,14H2,1-3H3/t12-,13-/m1/s1. The molecule has 2 atom stereocenters. The normalized spacial score (nSPS) is 28.3. The summed E-state index contributed by atoms with van der Waals surface area (Å²) >= 11 is 0. The minimum atomic E-state index is 0.708. The van der Waals surface area contributed by atoms with Crippen LogP contribution < -0.4 is 5.73 Å². The van der Waals surface area contributed by atoms with Crippen LogP contribution in [0.2, 0.25) is 0 Å². The summed E-state index contributed by atoms with van der Waals surface area (Å²) < 4.78 is 0. The second-order valence-electron chi connectivity index (χ2n) is 5.28. The molecule has 0 aromatic heterocycles. The quantitative estimate of drug-likeness (QED) is 0.770. The molecule has 3 heteroatoms. The summed E-state index contributed by atoms with van der Waals surface area (Å²) in [4.78, 5) is 4.93. The summed E-state index contributed by atoms with van der Waals surface area (Å²) in [6, 6.07) is 0.708. The molecule has 0 saturated carbocycles. The number of nitrogens with two attached hydrogens (primary N) is 1. The minimum absolute atomic E-state index is 0.708. The van der Waals surface area contributed by atoms with Gasteiger partial charge < -0.3 is 15.5 Å². The molecule has 0 aromatic carbocycles. The maximum absolute atomic E-state index is 5.95. The van der Waals surface area contributed by atoms with E-state index in [1.54, 1.807) is 0 Å². The maximum Gasteiger partial charge on any atom is 0.0148 e. The van der Waals surface area contributed by atoms with Crippen molar-refractivity contribution in [1.29, 1.82) is 0 Å².